The number of likely N-dealkylation sites (N-methyl/N-ethyl adjacent to an activating group) is 1. The van der Waals surface area contributed by atoms with Crippen LogP contribution in [0.3, 0.4) is 0 Å². The largest absolute Gasteiger partial charge is 0.444 e. The lowest BCUT2D eigenvalue weighted by atomic mass is 10.0. The number of rotatable bonds is 6. The van der Waals surface area contributed by atoms with Gasteiger partial charge in [0.25, 0.3) is 11.7 Å². The molecule has 38 heavy (non-hydrogen) atoms. The Bertz CT molecular complexity index is 1600. The summed E-state index contributed by atoms with van der Waals surface area (Å²) in [5.41, 5.74) is 4.99. The van der Waals surface area contributed by atoms with Gasteiger partial charge in [-0.3, -0.25) is 9.59 Å². The summed E-state index contributed by atoms with van der Waals surface area (Å²) in [5.74, 6) is -0.863. The van der Waals surface area contributed by atoms with E-state index in [-0.39, 0.29) is 0 Å². The predicted molar refractivity (Wildman–Crippen MR) is 147 cm³/mol. The highest BCUT2D eigenvalue weighted by atomic mass is 16.3. The Kier molecular flexibility index (Phi) is 6.23. The number of pyridine rings is 1. The second kappa shape index (κ2) is 9.99. The normalized spacial score (nSPS) is 14.1. The summed E-state index contributed by atoms with van der Waals surface area (Å²) in [4.78, 5) is 35.9. The van der Waals surface area contributed by atoms with Gasteiger partial charge in [0.05, 0.1) is 11.8 Å². The van der Waals surface area contributed by atoms with E-state index in [1.807, 2.05) is 72.8 Å². The molecule has 2 aromatic carbocycles. The highest BCUT2D eigenvalue weighted by molar-refractivity contribution is 6.47. The monoisotopic (exact) mass is 505 g/mol. The molecule has 0 saturated carbocycles. The second-order valence-corrected chi connectivity index (χ2v) is 9.41. The minimum absolute atomic E-state index is 0.325. The maximum atomic E-state index is 13.6. The lowest BCUT2D eigenvalue weighted by Gasteiger charge is -2.35. The summed E-state index contributed by atoms with van der Waals surface area (Å²) in [6.45, 7) is 3.65. The number of piperazine rings is 1. The van der Waals surface area contributed by atoms with Crippen LogP contribution >= 0.6 is 0 Å². The lowest BCUT2D eigenvalue weighted by Crippen LogP contribution is -2.44. The fraction of sp³-hybridized carbons (Fsp3) is 0.167. The number of benzene rings is 2. The lowest BCUT2D eigenvalue weighted by molar-refractivity contribution is -0.112. The van der Waals surface area contributed by atoms with Crippen molar-refractivity contribution in [1.82, 2.24) is 14.3 Å². The summed E-state index contributed by atoms with van der Waals surface area (Å²) >= 11 is 0. The molecule has 0 spiro atoms. The van der Waals surface area contributed by atoms with Crippen LogP contribution < -0.4 is 10.2 Å². The number of fused-ring (bicyclic) bond motifs is 1. The van der Waals surface area contributed by atoms with Crippen molar-refractivity contribution in [3.63, 3.8) is 0 Å². The highest BCUT2D eigenvalue weighted by Crippen LogP contribution is 2.34. The third-order valence-electron chi connectivity index (χ3n) is 6.95. The molecule has 0 radical (unpaired) electrons. The van der Waals surface area contributed by atoms with E-state index < -0.39 is 11.7 Å². The van der Waals surface area contributed by atoms with Crippen LogP contribution in [0.4, 0.5) is 11.4 Å². The van der Waals surface area contributed by atoms with E-state index in [2.05, 4.69) is 27.1 Å². The molecule has 4 heterocycles. The molecule has 1 aliphatic heterocycles. The van der Waals surface area contributed by atoms with E-state index in [0.29, 0.717) is 22.8 Å². The molecule has 8 heteroatoms. The van der Waals surface area contributed by atoms with Gasteiger partial charge >= 0.3 is 0 Å². The Morgan fingerprint density at radius 2 is 1.68 bits per heavy atom. The van der Waals surface area contributed by atoms with Gasteiger partial charge in [0, 0.05) is 54.8 Å². The van der Waals surface area contributed by atoms with E-state index in [4.69, 9.17) is 4.42 Å². The SMILES string of the molecule is CN1CCN(c2ccc(NC(=O)C(=O)c3c(-c4ccccc4)cc4ccccn34)cc2-c2ncco2)CC1. The number of hydrogen-bond acceptors (Lipinski definition) is 6. The van der Waals surface area contributed by atoms with Crippen LogP contribution in [0, 0.1) is 0 Å². The third-order valence-corrected chi connectivity index (χ3v) is 6.95. The summed E-state index contributed by atoms with van der Waals surface area (Å²) in [6.07, 6.45) is 4.93. The number of carbonyl (C=O) groups excluding carboxylic acids is 2. The molecule has 3 aromatic heterocycles. The van der Waals surface area contributed by atoms with Crippen LogP contribution in [0.25, 0.3) is 28.1 Å². The zero-order chi connectivity index (χ0) is 26.1. The molecule has 5 aromatic rings. The first kappa shape index (κ1) is 23.7. The fourth-order valence-corrected chi connectivity index (χ4v) is 4.95. The molecular weight excluding hydrogens is 478 g/mol. The molecule has 1 amide bonds. The molecule has 0 bridgehead atoms. The van der Waals surface area contributed by atoms with Gasteiger partial charge in [-0.05, 0) is 49.0 Å². The standard InChI is InChI=1S/C30H27N5O3/c1-33-14-16-34(17-15-33)26-11-10-22(19-25(26)30-31-12-18-38-30)32-29(37)28(36)27-24(21-7-3-2-4-8-21)20-23-9-5-6-13-35(23)27/h2-13,18-20H,14-17H2,1H3,(H,32,37). The smallest absolute Gasteiger partial charge is 0.298 e. The first-order valence-electron chi connectivity index (χ1n) is 12.6. The van der Waals surface area contributed by atoms with Crippen molar-refractivity contribution in [3.05, 3.63) is 97.1 Å². The van der Waals surface area contributed by atoms with Crippen LogP contribution in [0.2, 0.25) is 0 Å². The first-order valence-corrected chi connectivity index (χ1v) is 12.6. The number of carbonyl (C=O) groups is 2. The van der Waals surface area contributed by atoms with Gasteiger partial charge in [0.15, 0.2) is 0 Å². The van der Waals surface area contributed by atoms with Crippen molar-refractivity contribution in [3.8, 4) is 22.6 Å². The van der Waals surface area contributed by atoms with E-state index in [0.717, 1.165) is 48.5 Å². The molecule has 1 aliphatic rings. The van der Waals surface area contributed by atoms with Gasteiger partial charge in [-0.15, -0.1) is 0 Å². The molecule has 0 unspecified atom stereocenters. The second-order valence-electron chi connectivity index (χ2n) is 9.41. The van der Waals surface area contributed by atoms with Crippen LogP contribution in [0.1, 0.15) is 10.5 Å². The quantitative estimate of drug-likeness (QED) is 0.263. The molecule has 6 rings (SSSR count). The average molecular weight is 506 g/mol. The van der Waals surface area contributed by atoms with Gasteiger partial charge in [0.1, 0.15) is 12.0 Å². The molecule has 1 fully saturated rings. The first-order chi connectivity index (χ1) is 18.6. The summed E-state index contributed by atoms with van der Waals surface area (Å²) in [5, 5.41) is 2.81. The van der Waals surface area contributed by atoms with Crippen molar-refractivity contribution in [2.45, 2.75) is 0 Å². The summed E-state index contributed by atoms with van der Waals surface area (Å²) in [7, 11) is 2.11. The number of hydrogen-bond donors (Lipinski definition) is 1. The minimum Gasteiger partial charge on any atom is -0.444 e. The highest BCUT2D eigenvalue weighted by Gasteiger charge is 2.26. The molecular formula is C30H27N5O3. The molecule has 0 aliphatic carbocycles. The van der Waals surface area contributed by atoms with Crippen LogP contribution in [0.15, 0.2) is 95.9 Å². The number of anilines is 2. The van der Waals surface area contributed by atoms with E-state index in [9.17, 15) is 9.59 Å². The van der Waals surface area contributed by atoms with Gasteiger partial charge < -0.3 is 23.9 Å². The van der Waals surface area contributed by atoms with Crippen LogP contribution in [-0.2, 0) is 4.79 Å². The Labute approximate surface area is 220 Å². The van der Waals surface area contributed by atoms with Gasteiger partial charge in [-0.1, -0.05) is 36.4 Å². The third kappa shape index (κ3) is 4.46. The Hall–Kier alpha value is -4.69. The predicted octanol–water partition coefficient (Wildman–Crippen LogP) is 4.83. The zero-order valence-corrected chi connectivity index (χ0v) is 21.0. The molecule has 1 N–H and O–H groups in total. The van der Waals surface area contributed by atoms with Gasteiger partial charge in [-0.25, -0.2) is 4.98 Å². The number of nitrogens with one attached hydrogen (secondary N) is 1. The maximum absolute atomic E-state index is 13.6. The number of aromatic nitrogens is 2. The van der Waals surface area contributed by atoms with Crippen molar-refractivity contribution >= 4 is 28.6 Å². The van der Waals surface area contributed by atoms with E-state index >= 15 is 0 Å². The number of amides is 1. The maximum Gasteiger partial charge on any atom is 0.298 e. The van der Waals surface area contributed by atoms with E-state index in [1.54, 1.807) is 16.8 Å². The Morgan fingerprint density at radius 3 is 2.45 bits per heavy atom. The number of oxazole rings is 1. The fourth-order valence-electron chi connectivity index (χ4n) is 4.95. The summed E-state index contributed by atoms with van der Waals surface area (Å²) < 4.78 is 7.38. The van der Waals surface area contributed by atoms with Crippen molar-refractivity contribution in [2.75, 3.05) is 43.4 Å². The molecule has 1 saturated heterocycles. The van der Waals surface area contributed by atoms with Crippen molar-refractivity contribution < 1.29 is 14.0 Å². The zero-order valence-electron chi connectivity index (χ0n) is 21.0. The number of ketones is 1. The van der Waals surface area contributed by atoms with E-state index in [1.165, 1.54) is 6.26 Å². The Morgan fingerprint density at radius 1 is 0.895 bits per heavy atom. The van der Waals surface area contributed by atoms with Crippen molar-refractivity contribution in [1.29, 1.82) is 0 Å². The summed E-state index contributed by atoms with van der Waals surface area (Å²) in [6, 6.07) is 22.8. The molecule has 8 nitrogen and oxygen atoms in total. The number of nitrogens with zero attached hydrogens (tertiary/aromatic N) is 4. The van der Waals surface area contributed by atoms with Gasteiger partial charge in [0.2, 0.25) is 5.89 Å². The average Bonchev–Trinajstić information content (AvgIpc) is 3.62. The molecule has 0 atom stereocenters. The van der Waals surface area contributed by atoms with Crippen molar-refractivity contribution in [2.24, 2.45) is 0 Å². The Balaban J connectivity index is 1.33. The number of Topliss-reactive ketones (excluding diaryl/α,β-unsaturated/α-hetero) is 1. The van der Waals surface area contributed by atoms with Gasteiger partial charge in [-0.2, -0.15) is 0 Å². The van der Waals surface area contributed by atoms with Crippen LogP contribution in [0.5, 0.6) is 0 Å². The van der Waals surface area contributed by atoms with Crippen LogP contribution in [-0.4, -0.2) is 59.2 Å². The topological polar surface area (TPSA) is 83.1 Å². The minimum atomic E-state index is -0.711. The molecule has 190 valence electrons.